The first-order valence-electron chi connectivity index (χ1n) is 9.47. The molecule has 3 N–H and O–H groups in total. The molecule has 3 rings (SSSR count). The normalized spacial score (nSPS) is 29.2. The fraction of sp³-hybridized carbons (Fsp3) is 0.571. The molecule has 2 aliphatic rings. The van der Waals surface area contributed by atoms with Crippen LogP contribution in [-0.2, 0) is 11.2 Å². The second-order valence-electron chi connectivity index (χ2n) is 7.55. The molecule has 0 aromatic heterocycles. The van der Waals surface area contributed by atoms with Gasteiger partial charge < -0.3 is 20.1 Å². The van der Waals surface area contributed by atoms with Gasteiger partial charge in [0, 0.05) is 30.2 Å². The lowest BCUT2D eigenvalue weighted by molar-refractivity contribution is -0.136. The number of aliphatic carboxylic acids is 1. The number of carboxylic acid groups (broad SMARTS) is 1. The van der Waals surface area contributed by atoms with Gasteiger partial charge >= 0.3 is 5.97 Å². The number of carbonyl (C=O) groups is 1. The SMILES string of the molecule is CC[C@@H](C)[C@@H](O)/C=C/[C@H]1C2c3cccc(CCC(=O)O)c3O[C@@H]2C[C@@H]1O. The number of para-hydroxylation sites is 1. The van der Waals surface area contributed by atoms with E-state index in [0.717, 1.165) is 23.3 Å². The minimum absolute atomic E-state index is 0.0464. The van der Waals surface area contributed by atoms with Gasteiger partial charge in [-0.1, -0.05) is 50.6 Å². The minimum Gasteiger partial charge on any atom is -0.489 e. The molecule has 1 fully saturated rings. The Morgan fingerprint density at radius 3 is 2.88 bits per heavy atom. The predicted octanol–water partition coefficient (Wildman–Crippen LogP) is 2.89. The molecule has 0 radical (unpaired) electrons. The Bertz CT molecular complexity index is 683. The molecule has 1 aromatic rings. The Hall–Kier alpha value is -1.85. The minimum atomic E-state index is -0.823. The zero-order valence-corrected chi connectivity index (χ0v) is 15.3. The van der Waals surface area contributed by atoms with Crippen molar-refractivity contribution in [2.24, 2.45) is 11.8 Å². The number of ether oxygens (including phenoxy) is 1. The summed E-state index contributed by atoms with van der Waals surface area (Å²) in [5.74, 6) is 0.0859. The molecule has 1 heterocycles. The van der Waals surface area contributed by atoms with Gasteiger partial charge in [-0.2, -0.15) is 0 Å². The van der Waals surface area contributed by atoms with Crippen molar-refractivity contribution in [1.29, 1.82) is 0 Å². The molecule has 1 aliphatic carbocycles. The van der Waals surface area contributed by atoms with Gasteiger partial charge in [0.05, 0.1) is 12.2 Å². The molecule has 6 atom stereocenters. The molecule has 0 bridgehead atoms. The Morgan fingerprint density at radius 2 is 2.19 bits per heavy atom. The molecule has 1 unspecified atom stereocenters. The highest BCUT2D eigenvalue weighted by atomic mass is 16.5. The van der Waals surface area contributed by atoms with Crippen LogP contribution in [0.2, 0.25) is 0 Å². The summed E-state index contributed by atoms with van der Waals surface area (Å²) in [5, 5.41) is 29.6. The van der Waals surface area contributed by atoms with Gasteiger partial charge in [-0.15, -0.1) is 0 Å². The van der Waals surface area contributed by atoms with Crippen molar-refractivity contribution >= 4 is 5.97 Å². The number of hydrogen-bond donors (Lipinski definition) is 3. The van der Waals surface area contributed by atoms with Gasteiger partial charge in [0.25, 0.3) is 0 Å². The predicted molar refractivity (Wildman–Crippen MR) is 98.3 cm³/mol. The first-order chi connectivity index (χ1) is 12.4. The van der Waals surface area contributed by atoms with E-state index in [9.17, 15) is 15.0 Å². The van der Waals surface area contributed by atoms with E-state index in [-0.39, 0.29) is 30.3 Å². The summed E-state index contributed by atoms with van der Waals surface area (Å²) in [4.78, 5) is 10.9. The summed E-state index contributed by atoms with van der Waals surface area (Å²) in [6, 6.07) is 5.85. The third kappa shape index (κ3) is 3.64. The van der Waals surface area contributed by atoms with E-state index in [0.29, 0.717) is 12.8 Å². The van der Waals surface area contributed by atoms with Crippen molar-refractivity contribution < 1.29 is 24.9 Å². The number of aryl methyl sites for hydroxylation is 1. The summed E-state index contributed by atoms with van der Waals surface area (Å²) >= 11 is 0. The standard InChI is InChI=1S/C21H28O5/c1-3-12(2)16(22)9-8-14-17(23)11-18-20(14)15-6-4-5-13(21(15)26-18)7-10-19(24)25/h4-6,8-9,12,14,16-18,20,22-23H,3,7,10-11H2,1-2H3,(H,24,25)/b9-8+/t12-,14-,16+,17+,18-,20?/m1/s1. The van der Waals surface area contributed by atoms with Crippen LogP contribution in [0.4, 0.5) is 0 Å². The van der Waals surface area contributed by atoms with Gasteiger partial charge in [0.2, 0.25) is 0 Å². The van der Waals surface area contributed by atoms with Crippen molar-refractivity contribution in [2.45, 2.75) is 63.8 Å². The summed E-state index contributed by atoms with van der Waals surface area (Å²) in [6.45, 7) is 4.05. The Balaban J connectivity index is 1.82. The average molecular weight is 360 g/mol. The van der Waals surface area contributed by atoms with Crippen LogP contribution in [0.5, 0.6) is 5.75 Å². The molecule has 5 nitrogen and oxygen atoms in total. The van der Waals surface area contributed by atoms with Gasteiger partial charge in [-0.25, -0.2) is 0 Å². The molecular weight excluding hydrogens is 332 g/mol. The Kier molecular flexibility index (Phi) is 5.68. The van der Waals surface area contributed by atoms with Crippen molar-refractivity contribution in [2.75, 3.05) is 0 Å². The number of fused-ring (bicyclic) bond motifs is 3. The van der Waals surface area contributed by atoms with Crippen molar-refractivity contribution in [1.82, 2.24) is 0 Å². The third-order valence-electron chi connectivity index (χ3n) is 5.85. The molecule has 5 heteroatoms. The zero-order chi connectivity index (χ0) is 18.8. The first kappa shape index (κ1) is 18.9. The maximum atomic E-state index is 10.9. The monoisotopic (exact) mass is 360 g/mol. The van der Waals surface area contributed by atoms with E-state index in [2.05, 4.69) is 0 Å². The van der Waals surface area contributed by atoms with Crippen molar-refractivity contribution in [3.8, 4) is 5.75 Å². The molecule has 0 spiro atoms. The van der Waals surface area contributed by atoms with Crippen LogP contribution in [0.15, 0.2) is 30.4 Å². The van der Waals surface area contributed by atoms with Crippen LogP contribution < -0.4 is 4.74 Å². The molecule has 1 aromatic carbocycles. The number of benzene rings is 1. The average Bonchev–Trinajstić information content (AvgIpc) is 3.12. The molecule has 1 aliphatic heterocycles. The third-order valence-corrected chi connectivity index (χ3v) is 5.85. The quantitative estimate of drug-likeness (QED) is 0.651. The zero-order valence-electron chi connectivity index (χ0n) is 15.3. The Morgan fingerprint density at radius 1 is 1.42 bits per heavy atom. The highest BCUT2D eigenvalue weighted by molar-refractivity contribution is 5.67. The van der Waals surface area contributed by atoms with Crippen LogP contribution in [0.1, 0.15) is 50.2 Å². The Labute approximate surface area is 154 Å². The fourth-order valence-electron chi connectivity index (χ4n) is 4.08. The van der Waals surface area contributed by atoms with E-state index < -0.39 is 18.2 Å². The number of carboxylic acids is 1. The maximum Gasteiger partial charge on any atom is 0.303 e. The van der Waals surface area contributed by atoms with E-state index in [4.69, 9.17) is 9.84 Å². The lowest BCUT2D eigenvalue weighted by Crippen LogP contribution is -2.19. The van der Waals surface area contributed by atoms with Gasteiger partial charge in [0.15, 0.2) is 0 Å². The molecular formula is C21H28O5. The van der Waals surface area contributed by atoms with Crippen LogP contribution in [0, 0.1) is 11.8 Å². The first-order valence-corrected chi connectivity index (χ1v) is 9.47. The fourth-order valence-corrected chi connectivity index (χ4v) is 4.08. The summed E-state index contributed by atoms with van der Waals surface area (Å²) < 4.78 is 6.12. The van der Waals surface area contributed by atoms with Crippen LogP contribution in [0.3, 0.4) is 0 Å². The number of hydrogen-bond acceptors (Lipinski definition) is 4. The maximum absolute atomic E-state index is 10.9. The van der Waals surface area contributed by atoms with E-state index in [1.807, 2.05) is 38.1 Å². The topological polar surface area (TPSA) is 87.0 Å². The lowest BCUT2D eigenvalue weighted by atomic mass is 9.86. The summed E-state index contributed by atoms with van der Waals surface area (Å²) in [5.41, 5.74) is 1.96. The van der Waals surface area contributed by atoms with Crippen molar-refractivity contribution in [3.05, 3.63) is 41.5 Å². The summed E-state index contributed by atoms with van der Waals surface area (Å²) in [7, 11) is 0. The molecule has 142 valence electrons. The lowest BCUT2D eigenvalue weighted by Gasteiger charge is -2.19. The second-order valence-corrected chi connectivity index (χ2v) is 7.55. The van der Waals surface area contributed by atoms with Crippen LogP contribution >= 0.6 is 0 Å². The van der Waals surface area contributed by atoms with Crippen molar-refractivity contribution in [3.63, 3.8) is 0 Å². The molecule has 1 saturated carbocycles. The molecule has 0 saturated heterocycles. The van der Waals surface area contributed by atoms with E-state index in [1.165, 1.54) is 0 Å². The van der Waals surface area contributed by atoms with Gasteiger partial charge in [0.1, 0.15) is 11.9 Å². The van der Waals surface area contributed by atoms with E-state index in [1.54, 1.807) is 6.08 Å². The second kappa shape index (κ2) is 7.80. The van der Waals surface area contributed by atoms with Gasteiger partial charge in [-0.05, 0) is 17.9 Å². The highest BCUT2D eigenvalue weighted by Gasteiger charge is 2.48. The van der Waals surface area contributed by atoms with Crippen LogP contribution in [0.25, 0.3) is 0 Å². The molecule has 26 heavy (non-hydrogen) atoms. The summed E-state index contributed by atoms with van der Waals surface area (Å²) in [6.07, 6.45) is 4.58. The number of aliphatic hydroxyl groups excluding tert-OH is 2. The number of rotatable bonds is 7. The van der Waals surface area contributed by atoms with E-state index >= 15 is 0 Å². The number of aliphatic hydroxyl groups is 2. The van der Waals surface area contributed by atoms with Crippen LogP contribution in [-0.4, -0.2) is 39.6 Å². The largest absolute Gasteiger partial charge is 0.489 e. The highest BCUT2D eigenvalue weighted by Crippen LogP contribution is 2.52. The van der Waals surface area contributed by atoms with Gasteiger partial charge in [-0.3, -0.25) is 4.79 Å². The molecule has 0 amide bonds. The smallest absolute Gasteiger partial charge is 0.303 e.